The van der Waals surface area contributed by atoms with Crippen LogP contribution in [0, 0.1) is 5.92 Å². The first-order valence-electron chi connectivity index (χ1n) is 12.9. The summed E-state index contributed by atoms with van der Waals surface area (Å²) < 4.78 is 74.2. The first kappa shape index (κ1) is 27.4. The second kappa shape index (κ2) is 9.95. The maximum absolute atomic E-state index is 14.2. The van der Waals surface area contributed by atoms with Gasteiger partial charge in [-0.1, -0.05) is 0 Å². The number of nitrogen functional groups attached to an aromatic ring is 1. The molecule has 0 aromatic carbocycles. The van der Waals surface area contributed by atoms with Crippen molar-refractivity contribution in [2.75, 3.05) is 11.1 Å². The SMILES string of the molecule is Cn1nc(OC(F)F)cc1Nc1nncn1C1CCc2sc(N)c(C(=O)NC3CC(F)C3)c2C1C(=O)C1CC1(F)F. The summed E-state index contributed by atoms with van der Waals surface area (Å²) in [6, 6.07) is 0.0377. The van der Waals surface area contributed by atoms with E-state index in [2.05, 4.69) is 30.7 Å². The Morgan fingerprint density at radius 1 is 1.29 bits per heavy atom. The average Bonchev–Trinajstić information content (AvgIpc) is 3.21. The Balaban J connectivity index is 1.36. The van der Waals surface area contributed by atoms with E-state index in [1.165, 1.54) is 28.7 Å². The highest BCUT2D eigenvalue weighted by Crippen LogP contribution is 2.56. The van der Waals surface area contributed by atoms with E-state index in [0.717, 1.165) is 11.3 Å². The summed E-state index contributed by atoms with van der Waals surface area (Å²) >= 11 is 1.13. The molecule has 3 heterocycles. The summed E-state index contributed by atoms with van der Waals surface area (Å²) in [5, 5.41) is 17.6. The van der Waals surface area contributed by atoms with E-state index >= 15 is 0 Å². The van der Waals surface area contributed by atoms with E-state index in [0.29, 0.717) is 17.7 Å². The number of thiophene rings is 1. The van der Waals surface area contributed by atoms with Crippen LogP contribution >= 0.6 is 11.3 Å². The van der Waals surface area contributed by atoms with Crippen LogP contribution in [0.2, 0.25) is 0 Å². The molecule has 0 bridgehead atoms. The minimum atomic E-state index is -3.16. The number of rotatable bonds is 9. The highest BCUT2D eigenvalue weighted by atomic mass is 32.1. The van der Waals surface area contributed by atoms with Gasteiger partial charge in [-0.3, -0.25) is 14.2 Å². The van der Waals surface area contributed by atoms with Crippen molar-refractivity contribution >= 4 is 39.8 Å². The topological polar surface area (TPSA) is 142 Å². The molecule has 3 aliphatic rings. The molecular formula is C24H25F5N8O3S. The molecule has 3 unspecified atom stereocenters. The molecule has 0 spiro atoms. The number of fused-ring (bicyclic) bond motifs is 1. The van der Waals surface area contributed by atoms with Crippen LogP contribution in [-0.2, 0) is 18.3 Å². The fourth-order valence-corrected chi connectivity index (χ4v) is 6.72. The number of nitrogens with zero attached hydrogens (tertiary/aromatic N) is 5. The fraction of sp³-hybridized carbons (Fsp3) is 0.542. The number of Topliss-reactive ketones (excluding diaryl/α,β-unsaturated/α-hetero) is 1. The number of nitrogens with two attached hydrogens (primary N) is 1. The summed E-state index contributed by atoms with van der Waals surface area (Å²) in [4.78, 5) is 27.7. The van der Waals surface area contributed by atoms with Crippen LogP contribution < -0.4 is 21.1 Å². The molecule has 11 nitrogen and oxygen atoms in total. The predicted molar refractivity (Wildman–Crippen MR) is 135 cm³/mol. The van der Waals surface area contributed by atoms with Gasteiger partial charge in [-0.25, -0.2) is 17.9 Å². The van der Waals surface area contributed by atoms with Crippen molar-refractivity contribution in [1.82, 2.24) is 29.9 Å². The Morgan fingerprint density at radius 2 is 2.02 bits per heavy atom. The fourth-order valence-electron chi connectivity index (χ4n) is 5.59. The predicted octanol–water partition coefficient (Wildman–Crippen LogP) is 3.73. The van der Waals surface area contributed by atoms with Gasteiger partial charge in [0.2, 0.25) is 11.8 Å². The second-order valence-corrected chi connectivity index (χ2v) is 11.6. The third kappa shape index (κ3) is 4.99. The molecular weight excluding hydrogens is 575 g/mol. The number of carbonyl (C=O) groups is 2. The zero-order valence-corrected chi connectivity index (χ0v) is 22.3. The molecule has 0 aliphatic heterocycles. The number of hydrogen-bond donors (Lipinski definition) is 3. The average molecular weight is 601 g/mol. The lowest BCUT2D eigenvalue weighted by molar-refractivity contribution is -0.125. The Hall–Kier alpha value is -3.76. The lowest BCUT2D eigenvalue weighted by Gasteiger charge is -2.34. The van der Waals surface area contributed by atoms with Gasteiger partial charge < -0.3 is 21.1 Å². The van der Waals surface area contributed by atoms with E-state index in [1.807, 2.05) is 0 Å². The van der Waals surface area contributed by atoms with Gasteiger partial charge in [-0.05, 0) is 31.2 Å². The number of halogens is 5. The third-order valence-electron chi connectivity index (χ3n) is 7.77. The molecule has 3 aliphatic carbocycles. The minimum absolute atomic E-state index is 0.0438. The van der Waals surface area contributed by atoms with Crippen LogP contribution in [0.3, 0.4) is 0 Å². The normalized spacial score (nSPS) is 26.3. The van der Waals surface area contributed by atoms with E-state index in [9.17, 15) is 31.5 Å². The van der Waals surface area contributed by atoms with Crippen LogP contribution in [0.25, 0.3) is 0 Å². The number of ketones is 1. The molecule has 0 saturated heterocycles. The molecule has 1 amide bonds. The molecule has 2 fully saturated rings. The summed E-state index contributed by atoms with van der Waals surface area (Å²) in [6.45, 7) is -3.09. The van der Waals surface area contributed by atoms with Crippen molar-refractivity contribution in [1.29, 1.82) is 0 Å². The number of alkyl halides is 5. The number of amides is 1. The van der Waals surface area contributed by atoms with Crippen molar-refractivity contribution < 1.29 is 36.3 Å². The van der Waals surface area contributed by atoms with Crippen molar-refractivity contribution in [3.05, 3.63) is 28.4 Å². The van der Waals surface area contributed by atoms with Crippen molar-refractivity contribution in [3.63, 3.8) is 0 Å². The second-order valence-electron chi connectivity index (χ2n) is 10.5. The zero-order valence-electron chi connectivity index (χ0n) is 21.5. The highest BCUT2D eigenvalue weighted by Gasteiger charge is 2.63. The molecule has 17 heteroatoms. The first-order valence-corrected chi connectivity index (χ1v) is 13.7. The molecule has 4 N–H and O–H groups in total. The Morgan fingerprint density at radius 3 is 2.68 bits per heavy atom. The van der Waals surface area contributed by atoms with Gasteiger partial charge in [0.15, 0.2) is 5.78 Å². The van der Waals surface area contributed by atoms with Gasteiger partial charge in [0, 0.05) is 30.5 Å². The van der Waals surface area contributed by atoms with E-state index in [4.69, 9.17) is 5.73 Å². The van der Waals surface area contributed by atoms with Crippen LogP contribution in [0.1, 0.15) is 58.4 Å². The summed E-state index contributed by atoms with van der Waals surface area (Å²) in [7, 11) is 1.47. The van der Waals surface area contributed by atoms with Gasteiger partial charge >= 0.3 is 6.61 Å². The van der Waals surface area contributed by atoms with Gasteiger partial charge in [0.05, 0.1) is 28.4 Å². The largest absolute Gasteiger partial charge is 0.415 e. The third-order valence-corrected chi connectivity index (χ3v) is 8.86. The number of ether oxygens (including phenoxy) is 1. The first-order chi connectivity index (χ1) is 19.4. The molecule has 6 rings (SSSR count). The van der Waals surface area contributed by atoms with Gasteiger partial charge in [0.1, 0.15) is 18.3 Å². The van der Waals surface area contributed by atoms with Gasteiger partial charge in [-0.15, -0.1) is 26.6 Å². The Labute approximate surface area is 233 Å². The van der Waals surface area contributed by atoms with Gasteiger partial charge in [-0.2, -0.15) is 8.78 Å². The van der Waals surface area contributed by atoms with E-state index in [-0.39, 0.29) is 52.7 Å². The van der Waals surface area contributed by atoms with Crippen molar-refractivity contribution in [2.24, 2.45) is 13.0 Å². The zero-order chi connectivity index (χ0) is 29.2. The number of nitrogens with one attached hydrogen (secondary N) is 2. The maximum Gasteiger partial charge on any atom is 0.388 e. The van der Waals surface area contributed by atoms with E-state index in [1.54, 1.807) is 0 Å². The highest BCUT2D eigenvalue weighted by molar-refractivity contribution is 7.16. The molecule has 0 radical (unpaired) electrons. The summed E-state index contributed by atoms with van der Waals surface area (Å²) in [5.41, 5.74) is 6.58. The number of hydrogen-bond acceptors (Lipinski definition) is 9. The number of carbonyl (C=O) groups excluding carboxylic acids is 2. The number of aromatic nitrogens is 5. The molecule has 41 heavy (non-hydrogen) atoms. The van der Waals surface area contributed by atoms with Crippen molar-refractivity contribution in [3.8, 4) is 5.88 Å². The Bertz CT molecular complexity index is 1500. The smallest absolute Gasteiger partial charge is 0.388 e. The molecule has 220 valence electrons. The lowest BCUT2D eigenvalue weighted by atomic mass is 9.76. The summed E-state index contributed by atoms with van der Waals surface area (Å²) in [5.74, 6) is -7.22. The lowest BCUT2D eigenvalue weighted by Crippen LogP contribution is -2.45. The molecule has 2 saturated carbocycles. The van der Waals surface area contributed by atoms with E-state index < -0.39 is 54.7 Å². The quantitative estimate of drug-likeness (QED) is 0.316. The molecule has 3 aromatic heterocycles. The van der Waals surface area contributed by atoms with Crippen LogP contribution in [0.5, 0.6) is 5.88 Å². The molecule has 3 aromatic rings. The molecule has 3 atom stereocenters. The summed E-state index contributed by atoms with van der Waals surface area (Å²) in [6.07, 6.45) is 0.728. The van der Waals surface area contributed by atoms with Crippen LogP contribution in [0.4, 0.5) is 38.7 Å². The minimum Gasteiger partial charge on any atom is -0.415 e. The number of aryl methyl sites for hydroxylation is 2. The Kier molecular flexibility index (Phi) is 6.66. The standard InChI is InChI=1S/C24H25F5N8O3S/c1-36-14(6-15(35-36)40-22(26)27)33-23-34-31-8-37(23)12-2-3-13-17(16(12)19(38)11-7-24(11,28)29)18(20(30)41-13)21(39)32-10-4-9(25)5-10/h6,8-12,16,22H,2-5,7,30H2,1H3,(H,32,39)(H,33,34). The monoisotopic (exact) mass is 600 g/mol. The maximum atomic E-state index is 14.2. The van der Waals surface area contributed by atoms with Crippen LogP contribution in [-0.4, -0.2) is 61.0 Å². The van der Waals surface area contributed by atoms with Gasteiger partial charge in [0.25, 0.3) is 11.8 Å². The van der Waals surface area contributed by atoms with Crippen LogP contribution in [0.15, 0.2) is 12.4 Å². The van der Waals surface area contributed by atoms with Crippen molar-refractivity contribution in [2.45, 2.75) is 68.8 Å². The number of anilines is 3.